The van der Waals surface area contributed by atoms with Crippen molar-refractivity contribution in [2.45, 2.75) is 89.4 Å². The zero-order chi connectivity index (χ0) is 20.5. The maximum Gasteiger partial charge on any atom is 2.00 e. The van der Waals surface area contributed by atoms with Gasteiger partial charge >= 0.3 is 53.8 Å². The molecule has 0 bridgehead atoms. The van der Waals surface area contributed by atoms with Gasteiger partial charge in [-0.25, -0.2) is 0 Å². The summed E-state index contributed by atoms with van der Waals surface area (Å²) in [7, 11) is -5.77. The summed E-state index contributed by atoms with van der Waals surface area (Å²) in [5.74, 6) is -2.96. The van der Waals surface area contributed by atoms with Crippen molar-refractivity contribution >= 4 is 65.7 Å². The minimum Gasteiger partial charge on any atom is -0.595 e. The summed E-state index contributed by atoms with van der Waals surface area (Å²) in [6, 6.07) is 0. The fraction of sp³-hybridized carbons (Fsp3) is 0.875. The van der Waals surface area contributed by atoms with Crippen molar-refractivity contribution in [3.8, 4) is 0 Å². The Kier molecular flexibility index (Phi) is 24.9. The molecule has 4 atom stereocenters. The first-order valence-electron chi connectivity index (χ1n) is 8.87. The van der Waals surface area contributed by atoms with Crippen LogP contribution in [0.4, 0.5) is 0 Å². The summed E-state index contributed by atoms with van der Waals surface area (Å²) in [5, 5.41) is 20.6. The standard InChI is InChI=1S/2C8H15O4P.Ca/c2*1-2-3-4-5-6-7(8(9)10)13(11)12;/h2*7H,2-6H2,1H3,(H,9,10);/q;;+2/p-2. The van der Waals surface area contributed by atoms with Crippen molar-refractivity contribution in [1.82, 2.24) is 0 Å². The molecule has 0 spiro atoms. The van der Waals surface area contributed by atoms with Crippen molar-refractivity contribution < 1.29 is 38.7 Å². The number of rotatable bonds is 14. The molecule has 0 aromatic heterocycles. The molecule has 4 unspecified atom stereocenters. The van der Waals surface area contributed by atoms with Crippen LogP contribution in [0.15, 0.2) is 0 Å². The Hall–Kier alpha value is 0.320. The van der Waals surface area contributed by atoms with Crippen LogP contribution in [0.25, 0.3) is 0 Å². The van der Waals surface area contributed by atoms with Gasteiger partial charge in [-0.05, 0) is 25.7 Å². The van der Waals surface area contributed by atoms with E-state index >= 15 is 0 Å². The van der Waals surface area contributed by atoms with Crippen LogP contribution >= 0.6 is 16.1 Å². The third-order valence-electron chi connectivity index (χ3n) is 3.72. The molecule has 152 valence electrons. The monoisotopic (exact) mass is 450 g/mol. The Morgan fingerprint density at radius 1 is 0.704 bits per heavy atom. The molecule has 0 saturated heterocycles. The molecule has 0 amide bonds. The van der Waals surface area contributed by atoms with Crippen molar-refractivity contribution in [2.24, 2.45) is 0 Å². The Balaban J connectivity index is -0.000000411. The summed E-state index contributed by atoms with van der Waals surface area (Å²) in [5.41, 5.74) is -2.60. The van der Waals surface area contributed by atoms with Crippen LogP contribution in [0, 0.1) is 0 Å². The molecule has 0 radical (unpaired) electrons. The molecule has 0 aliphatic carbocycles. The van der Waals surface area contributed by atoms with E-state index in [2.05, 4.69) is 0 Å². The van der Waals surface area contributed by atoms with E-state index in [1.807, 2.05) is 13.8 Å². The maximum absolute atomic E-state index is 10.4. The summed E-state index contributed by atoms with van der Waals surface area (Å²) in [4.78, 5) is 41.5. The van der Waals surface area contributed by atoms with E-state index in [1.54, 1.807) is 0 Å². The number of aliphatic carboxylic acids is 2. The van der Waals surface area contributed by atoms with Crippen LogP contribution in [0.5, 0.6) is 0 Å². The molecule has 0 saturated carbocycles. The van der Waals surface area contributed by atoms with Gasteiger partial charge in [-0.2, -0.15) is 0 Å². The molecule has 11 heteroatoms. The molecule has 0 N–H and O–H groups in total. The van der Waals surface area contributed by atoms with Gasteiger partial charge in [0.25, 0.3) is 0 Å². The van der Waals surface area contributed by atoms with Gasteiger partial charge in [-0.15, -0.1) is 0 Å². The first-order valence-corrected chi connectivity index (χ1v) is 11.4. The van der Waals surface area contributed by atoms with E-state index in [0.29, 0.717) is 12.8 Å². The number of carbonyl (C=O) groups is 2. The van der Waals surface area contributed by atoms with E-state index in [-0.39, 0.29) is 50.6 Å². The number of hydrogen-bond donors (Lipinski definition) is 0. The minimum absolute atomic E-state index is 0. The second kappa shape index (κ2) is 21.0. The van der Waals surface area contributed by atoms with Crippen molar-refractivity contribution in [2.75, 3.05) is 0 Å². The first kappa shape index (κ1) is 32.0. The van der Waals surface area contributed by atoms with E-state index in [9.17, 15) is 38.7 Å². The average molecular weight is 450 g/mol. The fourth-order valence-electron chi connectivity index (χ4n) is 2.15. The molecular formula is C16H28CaO8P2. The molecule has 0 aliphatic heterocycles. The molecule has 0 aromatic carbocycles. The van der Waals surface area contributed by atoms with Gasteiger partial charge in [0.1, 0.15) is 0 Å². The molecule has 8 nitrogen and oxygen atoms in total. The van der Waals surface area contributed by atoms with Crippen LogP contribution in [0.2, 0.25) is 0 Å². The van der Waals surface area contributed by atoms with Gasteiger partial charge in [-0.1, -0.05) is 61.5 Å². The molecule has 0 aromatic rings. The topological polar surface area (TPSA) is 161 Å². The van der Waals surface area contributed by atoms with Gasteiger partial charge in [0, 0.05) is 0 Å². The molecule has 0 heterocycles. The maximum atomic E-state index is 10.4. The summed E-state index contributed by atoms with van der Waals surface area (Å²) < 4.78 is 20.8. The van der Waals surface area contributed by atoms with Crippen LogP contribution in [-0.2, 0) is 18.7 Å². The van der Waals surface area contributed by atoms with E-state index < -0.39 is 39.3 Å². The van der Waals surface area contributed by atoms with Gasteiger partial charge in [0.15, 0.2) is 11.3 Å². The minimum atomic E-state index is -2.89. The third-order valence-corrected chi connectivity index (χ3v) is 5.67. The van der Waals surface area contributed by atoms with Crippen molar-refractivity contribution in [1.29, 1.82) is 0 Å². The predicted molar refractivity (Wildman–Crippen MR) is 96.1 cm³/mol. The predicted octanol–water partition coefficient (Wildman–Crippen LogP) is -0.0248. The molecule has 0 fully saturated rings. The van der Waals surface area contributed by atoms with E-state index in [0.717, 1.165) is 38.5 Å². The third kappa shape index (κ3) is 19.4. The number of carbonyl (C=O) groups excluding carboxylic acids is 2. The quantitative estimate of drug-likeness (QED) is 0.203. The van der Waals surface area contributed by atoms with Crippen LogP contribution in [0.1, 0.15) is 78.1 Å². The first-order chi connectivity index (χ1) is 12.2. The van der Waals surface area contributed by atoms with Crippen molar-refractivity contribution in [3.05, 3.63) is 0 Å². The molecule has 0 aliphatic rings. The van der Waals surface area contributed by atoms with Crippen molar-refractivity contribution in [3.63, 3.8) is 0 Å². The Bertz CT molecular complexity index is 380. The molecular weight excluding hydrogens is 422 g/mol. The van der Waals surface area contributed by atoms with Crippen LogP contribution in [-0.4, -0.2) is 61.0 Å². The largest absolute Gasteiger partial charge is 2.00 e. The second-order valence-corrected chi connectivity index (χ2v) is 8.33. The van der Waals surface area contributed by atoms with Gasteiger partial charge < -0.3 is 29.6 Å². The zero-order valence-electron chi connectivity index (χ0n) is 16.1. The summed E-state index contributed by atoms with van der Waals surface area (Å²) in [6.45, 7) is 4.06. The van der Waals surface area contributed by atoms with Gasteiger partial charge in [-0.3, -0.25) is 0 Å². The molecule has 0 rings (SSSR count). The SMILES string of the molecule is CCCCCCC(C(=O)[O-])[P+](=O)[O-].CCCCCCC(C(=O)[O-])[P+](=O)[O-].[Ca+2]. The number of unbranched alkanes of at least 4 members (excludes halogenated alkanes) is 6. The smallest absolute Gasteiger partial charge is 0.595 e. The van der Waals surface area contributed by atoms with Gasteiger partial charge in [0.2, 0.25) is 0 Å². The summed E-state index contributed by atoms with van der Waals surface area (Å²) >= 11 is 0. The molecule has 27 heavy (non-hydrogen) atoms. The number of carboxylic acids is 2. The summed E-state index contributed by atoms with van der Waals surface area (Å²) in [6.07, 6.45) is 7.49. The van der Waals surface area contributed by atoms with Crippen LogP contribution < -0.4 is 20.0 Å². The van der Waals surface area contributed by atoms with E-state index in [4.69, 9.17) is 0 Å². The number of carboxylic acid groups (broad SMARTS) is 2. The number of hydrogen-bond acceptors (Lipinski definition) is 8. The second-order valence-electron chi connectivity index (χ2n) is 5.94. The zero-order valence-corrected chi connectivity index (χ0v) is 20.1. The Labute approximate surface area is 192 Å². The van der Waals surface area contributed by atoms with Gasteiger partial charge in [0.05, 0.1) is 11.9 Å². The average Bonchev–Trinajstić information content (AvgIpc) is 2.53. The fourth-order valence-corrected chi connectivity index (χ4v) is 3.28. The Morgan fingerprint density at radius 3 is 1.19 bits per heavy atom. The normalized spacial score (nSPS) is 13.3. The Morgan fingerprint density at radius 2 is 1.00 bits per heavy atom. The van der Waals surface area contributed by atoms with E-state index in [1.165, 1.54) is 0 Å². The van der Waals surface area contributed by atoms with Crippen LogP contribution in [0.3, 0.4) is 0 Å².